The Hall–Kier alpha value is -2.73. The van der Waals surface area contributed by atoms with E-state index in [4.69, 9.17) is 37.4 Å². The number of hydrogen-bond donors (Lipinski definition) is 0. The Balaban J connectivity index is 1.61. The third-order valence-corrected chi connectivity index (χ3v) is 8.02. The number of amides is 1. The number of halogens is 2. The van der Waals surface area contributed by atoms with Gasteiger partial charge in [0, 0.05) is 55.9 Å². The topological polar surface area (TPSA) is 99.0 Å². The molecule has 41 heavy (non-hydrogen) atoms. The van der Waals surface area contributed by atoms with Crippen LogP contribution >= 0.6 is 35.0 Å². The second-order valence-corrected chi connectivity index (χ2v) is 12.1. The molecule has 1 aromatic carbocycles. The van der Waals surface area contributed by atoms with Gasteiger partial charge in [-0.15, -0.1) is 0 Å². The summed E-state index contributed by atoms with van der Waals surface area (Å²) in [6.45, 7) is 9.38. The van der Waals surface area contributed by atoms with Crippen LogP contribution in [0.15, 0.2) is 28.3 Å². The Bertz CT molecular complexity index is 1460. The van der Waals surface area contributed by atoms with Gasteiger partial charge in [0.25, 0.3) is 5.56 Å². The standard InChI is InChI=1S/C28H35Cl2N5O5S/c1-28(2,3)40-27(37)34-12-10-33(11-13-34)8-7-9-35-24-17(16-31-26(32-24)41-6)14-18(25(35)36)21-22(29)19(38-4)15-20(39-5)23(21)30/h14-16H,7-13H2,1-6H3. The minimum Gasteiger partial charge on any atom is -0.495 e. The van der Waals surface area contributed by atoms with E-state index >= 15 is 0 Å². The summed E-state index contributed by atoms with van der Waals surface area (Å²) >= 11 is 14.8. The molecule has 3 heterocycles. The van der Waals surface area contributed by atoms with Crippen molar-refractivity contribution in [2.75, 3.05) is 53.2 Å². The highest BCUT2D eigenvalue weighted by atomic mass is 35.5. The van der Waals surface area contributed by atoms with Gasteiger partial charge in [-0.05, 0) is 46.1 Å². The Labute approximate surface area is 253 Å². The third kappa shape index (κ3) is 7.02. The van der Waals surface area contributed by atoms with Crippen LogP contribution in [0, 0.1) is 0 Å². The maximum Gasteiger partial charge on any atom is 0.410 e. The maximum absolute atomic E-state index is 14.0. The van der Waals surface area contributed by atoms with Gasteiger partial charge in [0.15, 0.2) is 5.16 Å². The predicted molar refractivity (Wildman–Crippen MR) is 163 cm³/mol. The van der Waals surface area contributed by atoms with Crippen molar-refractivity contribution in [1.82, 2.24) is 24.3 Å². The molecular formula is C28H35Cl2N5O5S. The number of benzene rings is 1. The molecule has 0 radical (unpaired) electrons. The first-order valence-corrected chi connectivity index (χ1v) is 15.2. The third-order valence-electron chi connectivity index (χ3n) is 6.71. The Morgan fingerprint density at radius 2 is 1.66 bits per heavy atom. The Morgan fingerprint density at radius 3 is 2.22 bits per heavy atom. The Kier molecular flexibility index (Phi) is 9.94. The minimum atomic E-state index is -0.525. The van der Waals surface area contributed by atoms with Crippen LogP contribution in [0.4, 0.5) is 4.79 Å². The van der Waals surface area contributed by atoms with Gasteiger partial charge in [0.1, 0.15) is 22.7 Å². The quantitative estimate of drug-likeness (QED) is 0.240. The second kappa shape index (κ2) is 13.1. The number of piperazine rings is 1. The summed E-state index contributed by atoms with van der Waals surface area (Å²) in [5.41, 5.74) is 0.365. The number of rotatable bonds is 8. The molecule has 1 saturated heterocycles. The van der Waals surface area contributed by atoms with Gasteiger partial charge in [0.05, 0.1) is 29.8 Å². The first kappa shape index (κ1) is 31.2. The fraction of sp³-hybridized carbons (Fsp3) is 0.500. The van der Waals surface area contributed by atoms with Gasteiger partial charge in [-0.1, -0.05) is 35.0 Å². The summed E-state index contributed by atoms with van der Waals surface area (Å²) in [4.78, 5) is 39.5. The molecule has 0 saturated carbocycles. The smallest absolute Gasteiger partial charge is 0.410 e. The van der Waals surface area contributed by atoms with Crippen molar-refractivity contribution in [3.05, 3.63) is 38.7 Å². The highest BCUT2D eigenvalue weighted by molar-refractivity contribution is 7.98. The van der Waals surface area contributed by atoms with E-state index in [1.807, 2.05) is 27.0 Å². The van der Waals surface area contributed by atoms with Crippen LogP contribution < -0.4 is 15.0 Å². The molecular weight excluding hydrogens is 589 g/mol. The van der Waals surface area contributed by atoms with Crippen LogP contribution in [0.2, 0.25) is 10.0 Å². The van der Waals surface area contributed by atoms with Gasteiger partial charge in [0.2, 0.25) is 0 Å². The van der Waals surface area contributed by atoms with Gasteiger partial charge in [-0.25, -0.2) is 14.8 Å². The summed E-state index contributed by atoms with van der Waals surface area (Å²) in [7, 11) is 2.98. The zero-order valence-corrected chi connectivity index (χ0v) is 26.5. The van der Waals surface area contributed by atoms with Crippen molar-refractivity contribution in [2.45, 2.75) is 44.5 Å². The number of thioether (sulfide) groups is 1. The maximum atomic E-state index is 14.0. The number of methoxy groups -OCH3 is 2. The zero-order chi connectivity index (χ0) is 29.9. The number of fused-ring (bicyclic) bond motifs is 1. The van der Waals surface area contributed by atoms with Crippen LogP contribution in [0.25, 0.3) is 22.2 Å². The molecule has 1 aliphatic rings. The lowest BCUT2D eigenvalue weighted by Gasteiger charge is -2.35. The zero-order valence-electron chi connectivity index (χ0n) is 24.1. The average Bonchev–Trinajstić information content (AvgIpc) is 2.94. The van der Waals surface area contributed by atoms with Crippen molar-refractivity contribution in [2.24, 2.45) is 0 Å². The summed E-state index contributed by atoms with van der Waals surface area (Å²) in [5.74, 6) is 0.682. The number of nitrogens with zero attached hydrogens (tertiary/aromatic N) is 5. The molecule has 1 aliphatic heterocycles. The summed E-state index contributed by atoms with van der Waals surface area (Å²) in [6.07, 6.45) is 3.98. The molecule has 4 rings (SSSR count). The van der Waals surface area contributed by atoms with Crippen molar-refractivity contribution in [1.29, 1.82) is 0 Å². The van der Waals surface area contributed by atoms with Gasteiger partial charge < -0.3 is 19.1 Å². The van der Waals surface area contributed by atoms with Gasteiger partial charge in [-0.2, -0.15) is 0 Å². The van der Waals surface area contributed by atoms with Crippen molar-refractivity contribution < 1.29 is 19.0 Å². The Morgan fingerprint density at radius 1 is 1.02 bits per heavy atom. The molecule has 1 amide bonds. The van der Waals surface area contributed by atoms with E-state index in [-0.39, 0.29) is 21.7 Å². The monoisotopic (exact) mass is 623 g/mol. The van der Waals surface area contributed by atoms with Crippen LogP contribution in [0.5, 0.6) is 11.5 Å². The number of carbonyl (C=O) groups is 1. The molecule has 0 unspecified atom stereocenters. The molecule has 1 fully saturated rings. The highest BCUT2D eigenvalue weighted by Gasteiger charge is 2.26. The molecule has 10 nitrogen and oxygen atoms in total. The second-order valence-electron chi connectivity index (χ2n) is 10.6. The summed E-state index contributed by atoms with van der Waals surface area (Å²) < 4.78 is 18.0. The van der Waals surface area contributed by atoms with Crippen LogP contribution in [-0.4, -0.2) is 89.2 Å². The lowest BCUT2D eigenvalue weighted by Crippen LogP contribution is -2.50. The normalized spacial score (nSPS) is 14.4. The number of aryl methyl sites for hydroxylation is 1. The predicted octanol–water partition coefficient (Wildman–Crippen LogP) is 5.45. The van der Waals surface area contributed by atoms with E-state index < -0.39 is 5.60 Å². The lowest BCUT2D eigenvalue weighted by atomic mass is 10.0. The minimum absolute atomic E-state index is 0.214. The molecule has 3 aromatic rings. The van der Waals surface area contributed by atoms with Crippen LogP contribution in [0.1, 0.15) is 27.2 Å². The SMILES string of the molecule is COc1cc(OC)c(Cl)c(-c2cc3cnc(SC)nc3n(CCCN3CCN(C(=O)OC(C)(C)C)CC3)c2=O)c1Cl. The molecule has 0 aliphatic carbocycles. The first-order valence-electron chi connectivity index (χ1n) is 13.2. The number of ether oxygens (including phenoxy) is 3. The van der Waals surface area contributed by atoms with Crippen LogP contribution in [0.3, 0.4) is 0 Å². The molecule has 222 valence electrons. The number of hydrogen-bond acceptors (Lipinski definition) is 9. The first-order chi connectivity index (χ1) is 19.5. The van der Waals surface area contributed by atoms with Crippen molar-refractivity contribution in [3.8, 4) is 22.6 Å². The molecule has 0 atom stereocenters. The fourth-order valence-electron chi connectivity index (χ4n) is 4.68. The van der Waals surface area contributed by atoms with E-state index in [1.54, 1.807) is 27.8 Å². The molecule has 13 heteroatoms. The van der Waals surface area contributed by atoms with E-state index in [0.717, 1.165) is 19.6 Å². The average molecular weight is 625 g/mol. The molecule has 2 aromatic heterocycles. The van der Waals surface area contributed by atoms with E-state index in [1.165, 1.54) is 26.0 Å². The number of carbonyl (C=O) groups excluding carboxylic acids is 1. The summed E-state index contributed by atoms with van der Waals surface area (Å²) in [6, 6.07) is 3.30. The van der Waals surface area contributed by atoms with E-state index in [2.05, 4.69) is 14.9 Å². The van der Waals surface area contributed by atoms with Crippen molar-refractivity contribution in [3.63, 3.8) is 0 Å². The van der Waals surface area contributed by atoms with E-state index in [0.29, 0.717) is 64.9 Å². The fourth-order valence-corrected chi connectivity index (χ4v) is 5.72. The van der Waals surface area contributed by atoms with Gasteiger partial charge >= 0.3 is 6.09 Å². The van der Waals surface area contributed by atoms with Gasteiger partial charge in [-0.3, -0.25) is 14.3 Å². The van der Waals surface area contributed by atoms with E-state index in [9.17, 15) is 9.59 Å². The van der Waals surface area contributed by atoms with Crippen molar-refractivity contribution >= 4 is 52.1 Å². The van der Waals surface area contributed by atoms with Crippen LogP contribution in [-0.2, 0) is 11.3 Å². The molecule has 0 N–H and O–H groups in total. The summed E-state index contributed by atoms with van der Waals surface area (Å²) in [5, 5.41) is 1.67. The number of aromatic nitrogens is 3. The number of pyridine rings is 1. The molecule has 0 bridgehead atoms. The molecule has 0 spiro atoms. The highest BCUT2D eigenvalue weighted by Crippen LogP contribution is 2.45. The lowest BCUT2D eigenvalue weighted by molar-refractivity contribution is 0.0144. The largest absolute Gasteiger partial charge is 0.495 e.